The van der Waals surface area contributed by atoms with Crippen LogP contribution in [0.2, 0.25) is 0 Å². The van der Waals surface area contributed by atoms with Gasteiger partial charge in [-0.1, -0.05) is 164 Å². The Morgan fingerprint density at radius 2 is 1.02 bits per heavy atom. The van der Waals surface area contributed by atoms with E-state index in [9.17, 15) is 0 Å². The summed E-state index contributed by atoms with van der Waals surface area (Å²) < 4.78 is 14.2. The molecule has 0 saturated carbocycles. The second-order valence-corrected chi connectivity index (χ2v) is 28.9. The minimum atomic E-state index is 0. The molecule has 0 unspecified atom stereocenters. The third-order valence-corrected chi connectivity index (χ3v) is 19.9. The molecule has 0 N–H and O–H groups in total. The second-order valence-electron chi connectivity index (χ2n) is 27.8. The van der Waals surface area contributed by atoms with Crippen molar-refractivity contribution in [1.29, 1.82) is 0 Å². The van der Waals surface area contributed by atoms with Crippen molar-refractivity contribution in [3.05, 3.63) is 381 Å². The molecule has 584 valence electrons. The largest absolute Gasteiger partial charge is 0.619 e. The molecule has 0 amide bonds. The van der Waals surface area contributed by atoms with Crippen LogP contribution in [0.25, 0.3) is 138 Å². The molecule has 12 aromatic carbocycles. The Morgan fingerprint density at radius 3 is 1.57 bits per heavy atom. The van der Waals surface area contributed by atoms with Crippen LogP contribution in [0.5, 0.6) is 0 Å². The Kier molecular flexibility index (Phi) is 27.8. The third kappa shape index (κ3) is 20.1. The molecule has 0 radical (unpaired) electrons. The first-order chi connectivity index (χ1) is 55.2. The zero-order chi connectivity index (χ0) is 77.6. The number of nitrogens with zero attached hydrogens (tertiary/aromatic N) is 14. The second kappa shape index (κ2) is 38.8. The number of para-hydroxylation sites is 1. The first-order valence-corrected chi connectivity index (χ1v) is 37.6. The van der Waals surface area contributed by atoms with Crippen molar-refractivity contribution in [1.82, 2.24) is 69.9 Å². The Morgan fingerprint density at radius 1 is 0.431 bits per heavy atom. The molecule has 15 nitrogen and oxygen atoms in total. The third-order valence-electron chi connectivity index (χ3n) is 18.8. The Bertz CT molecular complexity index is 6140. The number of rotatable bonds is 10. The normalized spacial score (nSPS) is 10.7. The quantitative estimate of drug-likeness (QED) is 0.119. The summed E-state index contributed by atoms with van der Waals surface area (Å²) in [5.41, 5.74) is 25.0. The molecule has 0 atom stereocenters. The minimum absolute atomic E-state index is 0. The van der Waals surface area contributed by atoms with Crippen molar-refractivity contribution < 1.29 is 67.6 Å². The molecule has 0 saturated heterocycles. The van der Waals surface area contributed by atoms with Crippen molar-refractivity contribution in [2.24, 2.45) is 0 Å². The van der Waals surface area contributed by atoms with Crippen LogP contribution in [0.3, 0.4) is 0 Å². The fourth-order valence-electron chi connectivity index (χ4n) is 13.2. The number of aromatic nitrogens is 14. The van der Waals surface area contributed by atoms with E-state index < -0.39 is 0 Å². The first kappa shape index (κ1) is 83.3. The van der Waals surface area contributed by atoms with Gasteiger partial charge in [-0.05, 0) is 117 Å². The smallest absolute Gasteiger partial charge is 0.135 e. The summed E-state index contributed by atoms with van der Waals surface area (Å²) in [5.74, 6) is 1.26. The topological polar surface area (TPSA) is 173 Å². The maximum Gasteiger partial charge on any atom is 0.135 e. The molecule has 0 aliphatic heterocycles. The average molecular weight is 2070 g/mol. The Labute approximate surface area is 721 Å². The van der Waals surface area contributed by atoms with E-state index in [1.165, 1.54) is 82.9 Å². The van der Waals surface area contributed by atoms with Gasteiger partial charge in [0.25, 0.3) is 0 Å². The summed E-state index contributed by atoms with van der Waals surface area (Å²) >= 11 is 1.85. The number of hydrogen-bond donors (Lipinski definition) is 0. The van der Waals surface area contributed by atoms with Crippen molar-refractivity contribution in [2.75, 3.05) is 0 Å². The molecule has 0 fully saturated rings. The van der Waals surface area contributed by atoms with Crippen LogP contribution in [0.15, 0.2) is 315 Å². The molecule has 19 heteroatoms. The Balaban J connectivity index is 0.000000131. The van der Waals surface area contributed by atoms with Crippen molar-refractivity contribution in [3.63, 3.8) is 0 Å². The molecule has 0 bridgehead atoms. The SMILES string of the molecule is Cc1cc(-c2[c-]cc(C(C)(C)C)cc2)[n-]n1.Cc1cc(C)n(-c2[c-]cc(-c3c(C)cc(-c4ccccc4)cc3C)cc2)n1.[Pt].[Pt].[Pt].[c-]1cc(-c2ccc3c(c2)oc2ccccc23)ccc1-n1cccn1.[c-]1cc(-c2ccc3c(c2)sc2ccccc23)ccc1-n1cccn1.[c-]1ccccc1-c1ncn[n-]1.[c-]1ccccc1-c1nnc[n-]1. The summed E-state index contributed by atoms with van der Waals surface area (Å²) in [6.45, 7) is 17.0. The van der Waals surface area contributed by atoms with Crippen LogP contribution >= 0.6 is 11.3 Å². The van der Waals surface area contributed by atoms with Gasteiger partial charge in [-0.2, -0.15) is 81.0 Å². The van der Waals surface area contributed by atoms with E-state index >= 15 is 0 Å². The molecule has 0 spiro atoms. The molecular formula is C97H75N14OPt3S-9. The van der Waals surface area contributed by atoms with E-state index in [2.05, 4.69) is 298 Å². The molecule has 8 aromatic heterocycles. The zero-order valence-corrected chi connectivity index (χ0v) is 72.1. The van der Waals surface area contributed by atoms with Crippen molar-refractivity contribution >= 4 is 53.4 Å². The molecular weight excluding hydrogens is 1990 g/mol. The molecule has 20 aromatic rings. The first-order valence-electron chi connectivity index (χ1n) is 36.8. The molecule has 0 aliphatic carbocycles. The van der Waals surface area contributed by atoms with Crippen molar-refractivity contribution in [2.45, 2.75) is 60.8 Å². The monoisotopic (exact) mass is 2070 g/mol. The summed E-state index contributed by atoms with van der Waals surface area (Å²) in [7, 11) is 0. The predicted molar refractivity (Wildman–Crippen MR) is 453 cm³/mol. The van der Waals surface area contributed by atoms with Gasteiger partial charge in [0, 0.05) is 137 Å². The van der Waals surface area contributed by atoms with Gasteiger partial charge in [0.05, 0.1) is 5.69 Å². The maximum absolute atomic E-state index is 5.97. The van der Waals surface area contributed by atoms with Gasteiger partial charge in [-0.25, -0.2) is 5.69 Å². The minimum Gasteiger partial charge on any atom is -0.619 e. The number of hydrogen-bond acceptors (Lipinski definition) is 10. The van der Waals surface area contributed by atoms with Crippen LogP contribution in [0.1, 0.15) is 54.5 Å². The molecule has 8 heterocycles. The summed E-state index contributed by atoms with van der Waals surface area (Å²) in [6, 6.07) is 112. The summed E-state index contributed by atoms with van der Waals surface area (Å²) in [4.78, 5) is 7.87. The number of thiophene rings is 1. The van der Waals surface area contributed by atoms with E-state index in [0.29, 0.717) is 11.6 Å². The van der Waals surface area contributed by atoms with Gasteiger partial charge in [-0.3, -0.25) is 19.1 Å². The maximum atomic E-state index is 5.97. The fourth-order valence-corrected chi connectivity index (χ4v) is 14.3. The predicted octanol–water partition coefficient (Wildman–Crippen LogP) is 22.1. The Hall–Kier alpha value is -12.2. The van der Waals surface area contributed by atoms with Gasteiger partial charge < -0.3 is 39.9 Å². The summed E-state index contributed by atoms with van der Waals surface area (Å²) in [6.07, 6.45) is 10.2. The van der Waals surface area contributed by atoms with Crippen LogP contribution in [0.4, 0.5) is 0 Å². The van der Waals surface area contributed by atoms with E-state index in [-0.39, 0.29) is 68.6 Å². The number of fused-ring (bicyclic) bond motifs is 6. The van der Waals surface area contributed by atoms with Gasteiger partial charge in [0.2, 0.25) is 0 Å². The molecule has 0 aliphatic rings. The zero-order valence-electron chi connectivity index (χ0n) is 64.5. The fraction of sp³-hybridized carbons (Fsp3) is 0.0928. The van der Waals surface area contributed by atoms with Gasteiger partial charge >= 0.3 is 0 Å². The van der Waals surface area contributed by atoms with E-state index in [1.54, 1.807) is 17.1 Å². The number of furan rings is 1. The van der Waals surface area contributed by atoms with Crippen molar-refractivity contribution in [3.8, 4) is 95.6 Å². The molecule has 20 rings (SSSR count). The number of aryl methyl sites for hydroxylation is 5. The summed E-state index contributed by atoms with van der Waals surface area (Å²) in [5, 5.41) is 40.9. The molecule has 116 heavy (non-hydrogen) atoms. The van der Waals surface area contributed by atoms with E-state index in [0.717, 1.165) is 89.6 Å². The van der Waals surface area contributed by atoms with Crippen LogP contribution in [-0.4, -0.2) is 54.7 Å². The number of benzene rings is 12. The standard InChI is InChI=1S/C25H23N2.C21H13N2O.C21H13N2S.C14H16N2.2C8H5N3.3Pt/c1-17-14-23(21-8-6-5-7-9-21)15-18(2)25(17)22-10-12-24(13-11-22)27-20(4)16-19(3)26-27;2*1-2-5-20-18(4-1)19-11-8-16(14-21(19)24-20)15-6-9-17(10-7-15)23-13-3-12-22-23;1-10-9-13(16-15-10)11-5-7-12(8-6-11)14(2,3)4;2*1-2-4-7(5-3-1)8-9-6-10-11-8;;;/h5-12,14-16H,1-4H3;2*1-9,11-14H;5,7-9H,1-4H3;2*1-4,6H;;;/q3*-1;3*-2;;;. The van der Waals surface area contributed by atoms with E-state index in [1.807, 2.05) is 156 Å². The van der Waals surface area contributed by atoms with Crippen LogP contribution in [0, 0.1) is 71.0 Å². The average Bonchev–Trinajstić information content (AvgIpc) is 1.63. The van der Waals surface area contributed by atoms with Crippen LogP contribution < -0.4 is 15.2 Å². The van der Waals surface area contributed by atoms with Gasteiger partial charge in [-0.15, -0.1) is 148 Å². The van der Waals surface area contributed by atoms with Gasteiger partial charge in [0.15, 0.2) is 0 Å². The van der Waals surface area contributed by atoms with Gasteiger partial charge in [0.1, 0.15) is 11.2 Å². The van der Waals surface area contributed by atoms with Crippen LogP contribution in [-0.2, 0) is 68.6 Å². The van der Waals surface area contributed by atoms with E-state index in [4.69, 9.17) is 4.42 Å².